The number of likely N-dealkylation sites (tertiary alicyclic amines) is 1. The van der Waals surface area contributed by atoms with E-state index in [9.17, 15) is 44.1 Å². The molecule has 0 saturated carbocycles. The summed E-state index contributed by atoms with van der Waals surface area (Å²) in [7, 11) is 0. The summed E-state index contributed by atoms with van der Waals surface area (Å²) in [6.45, 7) is 18.9. The Morgan fingerprint density at radius 2 is 1.21 bits per heavy atom. The number of Topliss-reactive ketones (excluding diaryl/α,β-unsaturated/α-hetero) is 1. The molecule has 3 aliphatic heterocycles. The summed E-state index contributed by atoms with van der Waals surface area (Å²) in [6.07, 6.45) is 2.45. The molecule has 5 amide bonds. The van der Waals surface area contributed by atoms with E-state index < -0.39 is 59.5 Å². The number of piperidine rings is 1. The van der Waals surface area contributed by atoms with Crippen molar-refractivity contribution in [2.24, 2.45) is 11.8 Å². The lowest BCUT2D eigenvalue weighted by Crippen LogP contribution is -2.59. The molecule has 7 N–H and O–H groups in total. The van der Waals surface area contributed by atoms with Crippen LogP contribution in [0.5, 0.6) is 23.3 Å². The van der Waals surface area contributed by atoms with Gasteiger partial charge in [0.15, 0.2) is 11.6 Å². The number of aromatic hydroxyl groups is 3. The largest absolute Gasteiger partial charge is 0.508 e. The molecule has 21 nitrogen and oxygen atoms in total. The number of carbonyl (C=O) groups excluding carboxylic acids is 6. The van der Waals surface area contributed by atoms with Crippen molar-refractivity contribution in [3.8, 4) is 40.3 Å². The fourth-order valence-electron chi connectivity index (χ4n) is 11.8. The highest BCUT2D eigenvalue weighted by atomic mass is 16.6. The van der Waals surface area contributed by atoms with Crippen LogP contribution in [0.4, 0.5) is 4.79 Å². The van der Waals surface area contributed by atoms with Gasteiger partial charge < -0.3 is 51.0 Å². The van der Waals surface area contributed by atoms with Crippen molar-refractivity contribution < 1.29 is 53.6 Å². The molecule has 6 aromatic rings. The van der Waals surface area contributed by atoms with Gasteiger partial charge in [-0.3, -0.25) is 33.8 Å². The topological polar surface area (TPSA) is 273 Å². The maximum Gasteiger partial charge on any atom is 0.415 e. The molecular formula is C69H86N10O11. The maximum atomic E-state index is 14.5. The normalized spacial score (nSPS) is 17.7. The fourth-order valence-corrected chi connectivity index (χ4v) is 11.8. The van der Waals surface area contributed by atoms with Crippen LogP contribution < -0.4 is 26.0 Å². The van der Waals surface area contributed by atoms with Crippen molar-refractivity contribution >= 4 is 35.5 Å². The van der Waals surface area contributed by atoms with Crippen molar-refractivity contribution in [2.45, 2.75) is 142 Å². The first-order valence-corrected chi connectivity index (χ1v) is 31.4. The van der Waals surface area contributed by atoms with Crippen LogP contribution in [0.2, 0.25) is 0 Å². The van der Waals surface area contributed by atoms with Crippen LogP contribution >= 0.6 is 0 Å². The number of ketones is 1. The van der Waals surface area contributed by atoms with Crippen LogP contribution in [0.25, 0.3) is 17.1 Å². The second kappa shape index (κ2) is 29.8. The number of benzene rings is 5. The number of carbonyl (C=O) groups is 6. The maximum absolute atomic E-state index is 14.5. The molecule has 0 aliphatic carbocycles. The number of epoxide rings is 1. The summed E-state index contributed by atoms with van der Waals surface area (Å²) < 4.78 is 12.7. The summed E-state index contributed by atoms with van der Waals surface area (Å²) in [6, 6.07) is 31.5. The van der Waals surface area contributed by atoms with Crippen LogP contribution in [0.15, 0.2) is 121 Å². The van der Waals surface area contributed by atoms with Crippen LogP contribution in [0.3, 0.4) is 0 Å². The number of aryl methyl sites for hydroxylation is 1. The number of nitrogens with one attached hydrogen (secondary N) is 4. The minimum atomic E-state index is -1.10. The van der Waals surface area contributed by atoms with E-state index in [0.29, 0.717) is 48.8 Å². The Labute approximate surface area is 526 Å². The third kappa shape index (κ3) is 17.2. The molecule has 4 heterocycles. The van der Waals surface area contributed by atoms with Gasteiger partial charge in [-0.25, -0.2) is 9.36 Å². The average molecular weight is 1230 g/mol. The number of hydrogen-bond acceptors (Lipinski definition) is 15. The summed E-state index contributed by atoms with van der Waals surface area (Å²) in [5.74, 6) is -2.18. The Morgan fingerprint density at radius 1 is 0.633 bits per heavy atom. The number of rotatable bonds is 26. The predicted molar refractivity (Wildman–Crippen MR) is 340 cm³/mol. The van der Waals surface area contributed by atoms with E-state index in [-0.39, 0.29) is 84.1 Å². The van der Waals surface area contributed by atoms with Crippen LogP contribution in [0, 0.1) is 11.8 Å². The first-order valence-electron chi connectivity index (χ1n) is 31.4. The number of amides is 5. The van der Waals surface area contributed by atoms with Gasteiger partial charge in [0, 0.05) is 69.9 Å². The Balaban J connectivity index is 0.764. The van der Waals surface area contributed by atoms with Crippen LogP contribution in [-0.2, 0) is 43.3 Å². The smallest absolute Gasteiger partial charge is 0.415 e. The molecule has 3 fully saturated rings. The molecule has 9 rings (SSSR count). The summed E-state index contributed by atoms with van der Waals surface area (Å²) in [5, 5.41) is 51.6. The summed E-state index contributed by atoms with van der Waals surface area (Å²) in [5.41, 5.74) is 3.66. The minimum Gasteiger partial charge on any atom is -0.508 e. The van der Waals surface area contributed by atoms with E-state index in [4.69, 9.17) is 9.47 Å². The molecule has 3 saturated heterocycles. The number of aromatic nitrogens is 3. The minimum absolute atomic E-state index is 0.0168. The number of phenols is 2. The Kier molecular flexibility index (Phi) is 21.8. The van der Waals surface area contributed by atoms with Gasteiger partial charge in [0.05, 0.1) is 23.9 Å². The number of piperazine rings is 1. The van der Waals surface area contributed by atoms with Gasteiger partial charge in [0.2, 0.25) is 17.7 Å². The molecule has 5 atom stereocenters. The van der Waals surface area contributed by atoms with E-state index in [1.165, 1.54) is 22.8 Å². The standard InChI is InChI=1S/C69H86N10O11/c1-43(2)36-56(61(82)69(7)42-89-69)71-66(86)58(38-47-16-12-9-13-17-47)73-65(85)57(37-44(3)4)72-64(84)55(27-20-46-14-10-8-11-15-46)70-63(83)49-21-25-52(26-22-49)90-68(88)78-30-28-50(29-31-78)77-34-32-76(33-35-77)41-48-18-23-51(24-19-48)79-62(74-75-67(79)87)54-39-53(45(5)6)59(80)40-60(54)81/h8-19,21-26,39-40,43-45,50,55-58,80-81H,20,27-38,41-42H2,1-7H3,(H,70,83)(H,71,86)(H,72,84)(H,73,85)(H,75,87). The van der Waals surface area contributed by atoms with Gasteiger partial charge in [0.1, 0.15) is 41.0 Å². The molecule has 0 radical (unpaired) electrons. The quantitative estimate of drug-likeness (QED) is 0.0255. The number of hydrogen-bond donors (Lipinski definition) is 7. The summed E-state index contributed by atoms with van der Waals surface area (Å²) in [4.78, 5) is 90.8. The van der Waals surface area contributed by atoms with Crippen LogP contribution in [0.1, 0.15) is 119 Å². The summed E-state index contributed by atoms with van der Waals surface area (Å²) >= 11 is 0. The molecule has 478 valence electrons. The second-order valence-corrected chi connectivity index (χ2v) is 25.4. The van der Waals surface area contributed by atoms with E-state index in [2.05, 4.69) is 41.3 Å². The molecule has 90 heavy (non-hydrogen) atoms. The SMILES string of the molecule is CC(C)CC(NC(=O)C(CCc1ccccc1)NC(=O)c1ccc(OC(=O)N2CCC(N3CCN(Cc4ccc(-n5c(O)nnc5-c5cc(C(C)C)c(O)cc5O)cc4)CC3)CC2)cc1)C(=O)NC(Cc1ccccc1)C(=O)NC(CC(C)C)C(=O)C1(C)CO1. The molecular weight excluding hydrogens is 1140 g/mol. The molecule has 5 aromatic carbocycles. The zero-order chi connectivity index (χ0) is 64.2. The number of nitrogens with zero attached hydrogens (tertiary/aromatic N) is 6. The molecule has 5 unspecified atom stereocenters. The lowest BCUT2D eigenvalue weighted by atomic mass is 9.93. The zero-order valence-electron chi connectivity index (χ0n) is 52.6. The highest BCUT2D eigenvalue weighted by Crippen LogP contribution is 2.39. The monoisotopic (exact) mass is 1230 g/mol. The highest BCUT2D eigenvalue weighted by molar-refractivity contribution is 6.00. The molecule has 0 spiro atoms. The number of ether oxygens (including phenoxy) is 2. The third-order valence-corrected chi connectivity index (χ3v) is 17.1. The first-order chi connectivity index (χ1) is 43.1. The molecule has 21 heteroatoms. The van der Waals surface area contributed by atoms with E-state index in [1.807, 2.05) is 126 Å². The second-order valence-electron chi connectivity index (χ2n) is 25.4. The van der Waals surface area contributed by atoms with Crippen molar-refractivity contribution in [3.05, 3.63) is 149 Å². The average Bonchev–Trinajstić information content (AvgIpc) is 1.84. The van der Waals surface area contributed by atoms with E-state index >= 15 is 0 Å². The van der Waals surface area contributed by atoms with Gasteiger partial charge in [-0.1, -0.05) is 119 Å². The molecule has 0 bridgehead atoms. The van der Waals surface area contributed by atoms with Gasteiger partial charge in [-0.05, 0) is 128 Å². The van der Waals surface area contributed by atoms with Gasteiger partial charge in [-0.15, -0.1) is 5.10 Å². The lowest BCUT2D eigenvalue weighted by molar-refractivity contribution is -0.134. The third-order valence-electron chi connectivity index (χ3n) is 17.1. The fraction of sp³-hybridized carbons (Fsp3) is 0.449. The van der Waals surface area contributed by atoms with Crippen molar-refractivity contribution in [1.82, 2.24) is 50.7 Å². The Bertz CT molecular complexity index is 3430. The first kappa shape index (κ1) is 65.8. The number of phenolic OH excluding ortho intramolecular Hbond substituents is 2. The highest BCUT2D eigenvalue weighted by Gasteiger charge is 2.50. The van der Waals surface area contributed by atoms with Crippen molar-refractivity contribution in [2.75, 3.05) is 45.9 Å². The predicted octanol–water partition coefficient (Wildman–Crippen LogP) is 7.83. The molecule has 3 aliphatic rings. The van der Waals surface area contributed by atoms with Gasteiger partial charge in [0.25, 0.3) is 5.91 Å². The van der Waals surface area contributed by atoms with E-state index in [1.54, 1.807) is 30.0 Å². The van der Waals surface area contributed by atoms with Crippen molar-refractivity contribution in [3.63, 3.8) is 0 Å². The Hall–Kier alpha value is -8.66. The van der Waals surface area contributed by atoms with E-state index in [0.717, 1.165) is 62.3 Å². The molecule has 1 aromatic heterocycles. The van der Waals surface area contributed by atoms with Gasteiger partial charge >= 0.3 is 12.1 Å². The Morgan fingerprint density at radius 3 is 1.82 bits per heavy atom. The lowest BCUT2D eigenvalue weighted by Gasteiger charge is -2.42. The van der Waals surface area contributed by atoms with Gasteiger partial charge in [-0.2, -0.15) is 0 Å². The van der Waals surface area contributed by atoms with Crippen LogP contribution in [-0.4, -0.2) is 162 Å². The van der Waals surface area contributed by atoms with Crippen molar-refractivity contribution in [1.29, 1.82) is 0 Å². The zero-order valence-corrected chi connectivity index (χ0v) is 52.6.